The lowest BCUT2D eigenvalue weighted by atomic mass is 9.90. The molecule has 6 heteroatoms. The number of hydrogen-bond acceptors (Lipinski definition) is 3. The van der Waals surface area contributed by atoms with Crippen molar-refractivity contribution in [2.45, 2.75) is 33.2 Å². The van der Waals surface area contributed by atoms with Gasteiger partial charge in [-0.1, -0.05) is 25.1 Å². The van der Waals surface area contributed by atoms with E-state index in [4.69, 9.17) is 14.1 Å². The molecular formula is C19H28IN3O2. The second kappa shape index (κ2) is 8.89. The van der Waals surface area contributed by atoms with E-state index < -0.39 is 0 Å². The highest BCUT2D eigenvalue weighted by Gasteiger charge is 2.29. The van der Waals surface area contributed by atoms with E-state index >= 15 is 0 Å². The van der Waals surface area contributed by atoms with Crippen LogP contribution in [0, 0.1) is 5.41 Å². The number of halogens is 1. The molecule has 25 heavy (non-hydrogen) atoms. The predicted molar refractivity (Wildman–Crippen MR) is 113 cm³/mol. The van der Waals surface area contributed by atoms with Crippen molar-refractivity contribution in [3.63, 3.8) is 0 Å². The minimum atomic E-state index is 0. The van der Waals surface area contributed by atoms with Crippen molar-refractivity contribution in [2.75, 3.05) is 26.3 Å². The van der Waals surface area contributed by atoms with Crippen LogP contribution in [0.1, 0.15) is 39.0 Å². The van der Waals surface area contributed by atoms with Crippen LogP contribution in [0.25, 0.3) is 11.0 Å². The first-order chi connectivity index (χ1) is 11.6. The van der Waals surface area contributed by atoms with E-state index in [0.717, 1.165) is 55.4 Å². The van der Waals surface area contributed by atoms with Gasteiger partial charge in [-0.25, -0.2) is 0 Å². The minimum Gasteiger partial charge on any atom is -0.459 e. The fraction of sp³-hybridized carbons (Fsp3) is 0.526. The summed E-state index contributed by atoms with van der Waals surface area (Å²) in [6.45, 7) is 9.60. The fourth-order valence-electron chi connectivity index (χ4n) is 2.92. The summed E-state index contributed by atoms with van der Waals surface area (Å²) in [5.41, 5.74) is 1.06. The first-order valence-corrected chi connectivity index (χ1v) is 8.71. The molecule has 0 amide bonds. The molecule has 0 radical (unpaired) electrons. The zero-order chi connectivity index (χ0) is 17.0. The lowest BCUT2D eigenvalue weighted by Crippen LogP contribution is -2.39. The Morgan fingerprint density at radius 1 is 1.36 bits per heavy atom. The second-order valence-corrected chi connectivity index (χ2v) is 6.86. The van der Waals surface area contributed by atoms with Crippen LogP contribution in [-0.2, 0) is 4.74 Å². The maximum Gasteiger partial charge on any atom is 0.191 e. The standard InChI is InChI=1S/C19H27N3O2.HI/c1-4-20-18(21-12-19(3)9-10-23-13-19)22-14(2)17-11-15-7-5-6-8-16(15)24-17;/h5-8,11,14H,4,9-10,12-13H2,1-3H3,(H2,20,21,22);1H. The molecule has 0 saturated carbocycles. The van der Waals surface area contributed by atoms with Gasteiger partial charge in [0.15, 0.2) is 5.96 Å². The third-order valence-electron chi connectivity index (χ3n) is 4.49. The Bertz CT molecular complexity index is 675. The van der Waals surface area contributed by atoms with E-state index in [2.05, 4.69) is 43.5 Å². The zero-order valence-corrected chi connectivity index (χ0v) is 17.5. The fourth-order valence-corrected chi connectivity index (χ4v) is 2.92. The summed E-state index contributed by atoms with van der Waals surface area (Å²) in [5, 5.41) is 7.88. The molecule has 2 N–H and O–H groups in total. The van der Waals surface area contributed by atoms with Crippen molar-refractivity contribution in [2.24, 2.45) is 10.4 Å². The van der Waals surface area contributed by atoms with Crippen LogP contribution < -0.4 is 10.6 Å². The summed E-state index contributed by atoms with van der Waals surface area (Å²) in [6, 6.07) is 10.2. The van der Waals surface area contributed by atoms with E-state index in [-0.39, 0.29) is 35.4 Å². The average Bonchev–Trinajstić information content (AvgIpc) is 3.19. The molecule has 0 spiro atoms. The lowest BCUT2D eigenvalue weighted by Gasteiger charge is -2.21. The topological polar surface area (TPSA) is 58.8 Å². The largest absolute Gasteiger partial charge is 0.459 e. The molecule has 2 unspecified atom stereocenters. The molecule has 2 atom stereocenters. The summed E-state index contributed by atoms with van der Waals surface area (Å²) >= 11 is 0. The SMILES string of the molecule is CCNC(=NCC1(C)CCOC1)NC(C)c1cc2ccccc2o1.I. The maximum absolute atomic E-state index is 5.94. The van der Waals surface area contributed by atoms with Crippen molar-refractivity contribution >= 4 is 40.9 Å². The molecule has 2 aromatic rings. The number of nitrogens with zero attached hydrogens (tertiary/aromatic N) is 1. The number of furan rings is 1. The van der Waals surface area contributed by atoms with Crippen LogP contribution in [0.5, 0.6) is 0 Å². The molecule has 1 saturated heterocycles. The molecular weight excluding hydrogens is 429 g/mol. The smallest absolute Gasteiger partial charge is 0.191 e. The van der Waals surface area contributed by atoms with E-state index in [0.29, 0.717) is 0 Å². The molecule has 1 aliphatic heterocycles. The number of fused-ring (bicyclic) bond motifs is 1. The van der Waals surface area contributed by atoms with Gasteiger partial charge in [-0.2, -0.15) is 0 Å². The van der Waals surface area contributed by atoms with Crippen molar-refractivity contribution in [1.82, 2.24) is 10.6 Å². The second-order valence-electron chi connectivity index (χ2n) is 6.86. The van der Waals surface area contributed by atoms with Gasteiger partial charge in [-0.15, -0.1) is 24.0 Å². The Kier molecular flexibility index (Phi) is 7.13. The van der Waals surface area contributed by atoms with E-state index in [9.17, 15) is 0 Å². The van der Waals surface area contributed by atoms with Crippen LogP contribution in [0.3, 0.4) is 0 Å². The van der Waals surface area contributed by atoms with Crippen molar-refractivity contribution in [1.29, 1.82) is 0 Å². The number of ether oxygens (including phenoxy) is 1. The van der Waals surface area contributed by atoms with Crippen molar-refractivity contribution in [3.05, 3.63) is 36.1 Å². The van der Waals surface area contributed by atoms with E-state index in [1.54, 1.807) is 0 Å². The molecule has 1 aliphatic rings. The van der Waals surface area contributed by atoms with Crippen LogP contribution in [0.4, 0.5) is 0 Å². The maximum atomic E-state index is 5.94. The van der Waals surface area contributed by atoms with Gasteiger partial charge in [0.25, 0.3) is 0 Å². The van der Waals surface area contributed by atoms with E-state index in [1.165, 1.54) is 0 Å². The number of guanidine groups is 1. The Hall–Kier alpha value is -1.28. The Morgan fingerprint density at radius 3 is 2.84 bits per heavy atom. The van der Waals surface area contributed by atoms with Crippen LogP contribution in [-0.4, -0.2) is 32.3 Å². The third-order valence-corrected chi connectivity index (χ3v) is 4.49. The summed E-state index contributed by atoms with van der Waals surface area (Å²) < 4.78 is 11.5. The normalized spacial score (nSPS) is 21.8. The number of para-hydroxylation sites is 1. The Morgan fingerprint density at radius 2 is 2.16 bits per heavy atom. The zero-order valence-electron chi connectivity index (χ0n) is 15.2. The first kappa shape index (κ1) is 20.0. The molecule has 5 nitrogen and oxygen atoms in total. The van der Waals surface area contributed by atoms with Gasteiger partial charge in [0, 0.05) is 24.0 Å². The number of hydrogen-bond donors (Lipinski definition) is 2. The summed E-state index contributed by atoms with van der Waals surface area (Å²) in [4.78, 5) is 4.76. The molecule has 1 aromatic carbocycles. The highest BCUT2D eigenvalue weighted by Crippen LogP contribution is 2.28. The lowest BCUT2D eigenvalue weighted by molar-refractivity contribution is 0.163. The molecule has 2 heterocycles. The number of nitrogens with one attached hydrogen (secondary N) is 2. The number of rotatable bonds is 5. The highest BCUT2D eigenvalue weighted by molar-refractivity contribution is 14.0. The monoisotopic (exact) mass is 457 g/mol. The quantitative estimate of drug-likeness (QED) is 0.404. The van der Waals surface area contributed by atoms with Gasteiger partial charge in [-0.3, -0.25) is 4.99 Å². The van der Waals surface area contributed by atoms with Crippen LogP contribution in [0.15, 0.2) is 39.7 Å². The molecule has 1 aromatic heterocycles. The van der Waals surface area contributed by atoms with Gasteiger partial charge >= 0.3 is 0 Å². The first-order valence-electron chi connectivity index (χ1n) is 8.71. The number of benzene rings is 1. The van der Waals surface area contributed by atoms with Crippen molar-refractivity contribution in [3.8, 4) is 0 Å². The number of aliphatic imine (C=N–C) groups is 1. The van der Waals surface area contributed by atoms with Gasteiger partial charge < -0.3 is 19.8 Å². The van der Waals surface area contributed by atoms with Crippen LogP contribution >= 0.6 is 24.0 Å². The molecule has 1 fully saturated rings. The Labute approximate surface area is 166 Å². The van der Waals surface area contributed by atoms with Gasteiger partial charge in [-0.05, 0) is 32.4 Å². The summed E-state index contributed by atoms with van der Waals surface area (Å²) in [7, 11) is 0. The molecule has 3 rings (SSSR count). The molecule has 0 aliphatic carbocycles. The van der Waals surface area contributed by atoms with Gasteiger partial charge in [0.05, 0.1) is 19.2 Å². The molecule has 138 valence electrons. The average molecular weight is 457 g/mol. The summed E-state index contributed by atoms with van der Waals surface area (Å²) in [5.74, 6) is 1.73. The van der Waals surface area contributed by atoms with Gasteiger partial charge in [0.2, 0.25) is 0 Å². The molecule has 0 bridgehead atoms. The van der Waals surface area contributed by atoms with Crippen molar-refractivity contribution < 1.29 is 9.15 Å². The van der Waals surface area contributed by atoms with Crippen LogP contribution in [0.2, 0.25) is 0 Å². The summed E-state index contributed by atoms with van der Waals surface area (Å²) in [6.07, 6.45) is 1.06. The predicted octanol–water partition coefficient (Wildman–Crippen LogP) is 4.09. The third kappa shape index (κ3) is 5.10. The minimum absolute atomic E-state index is 0. The Balaban J connectivity index is 0.00000225. The highest BCUT2D eigenvalue weighted by atomic mass is 127. The van der Waals surface area contributed by atoms with Gasteiger partial charge in [0.1, 0.15) is 11.3 Å². The van der Waals surface area contributed by atoms with E-state index in [1.807, 2.05) is 18.2 Å².